The Kier molecular flexibility index (Phi) is 6.62. The average Bonchev–Trinajstić information content (AvgIpc) is 2.98. The summed E-state index contributed by atoms with van der Waals surface area (Å²) in [5, 5.41) is 10.6. The molecular weight excluding hydrogens is 415 g/mol. The van der Waals surface area contributed by atoms with Gasteiger partial charge in [-0.05, 0) is 40.5 Å². The van der Waals surface area contributed by atoms with Crippen molar-refractivity contribution in [1.82, 2.24) is 14.9 Å². The van der Waals surface area contributed by atoms with Gasteiger partial charge < -0.3 is 19.5 Å². The summed E-state index contributed by atoms with van der Waals surface area (Å²) in [6.07, 6.45) is -0.00717. The molecule has 0 saturated carbocycles. The lowest BCUT2D eigenvalue weighted by Gasteiger charge is -2.37. The zero-order valence-electron chi connectivity index (χ0n) is 17.9. The summed E-state index contributed by atoms with van der Waals surface area (Å²) >= 11 is 6.15. The molecule has 10 heteroatoms. The second kappa shape index (κ2) is 8.70. The van der Waals surface area contributed by atoms with E-state index in [0.29, 0.717) is 12.4 Å². The highest BCUT2D eigenvalue weighted by atomic mass is 35.5. The van der Waals surface area contributed by atoms with Gasteiger partial charge >= 0.3 is 12.1 Å². The Balaban J connectivity index is 1.67. The Morgan fingerprint density at radius 1 is 1.43 bits per heavy atom. The number of aromatic nitrogens is 2. The molecule has 2 aliphatic rings. The Labute approximate surface area is 181 Å². The third-order valence-electron chi connectivity index (χ3n) is 5.06. The molecule has 0 aliphatic carbocycles. The number of ether oxygens (including phenoxy) is 2. The van der Waals surface area contributed by atoms with E-state index in [4.69, 9.17) is 21.1 Å². The average molecular weight is 445 g/mol. The third-order valence-corrected chi connectivity index (χ3v) is 5.25. The number of carbonyl (C=O) groups excluding carboxylic acids is 1. The number of hydrogen-bond acceptors (Lipinski definition) is 7. The minimum Gasteiger partial charge on any atom is -0.461 e. The lowest BCUT2D eigenvalue weighted by atomic mass is 9.95. The maximum absolute atomic E-state index is 14.0. The number of rotatable bonds is 4. The van der Waals surface area contributed by atoms with Gasteiger partial charge in [0.15, 0.2) is 0 Å². The van der Waals surface area contributed by atoms with Crippen LogP contribution in [0, 0.1) is 0 Å². The number of hydrogen-bond donors (Lipinski definition) is 1. The van der Waals surface area contributed by atoms with Crippen molar-refractivity contribution in [2.45, 2.75) is 70.4 Å². The summed E-state index contributed by atoms with van der Waals surface area (Å²) in [7, 11) is 0. The van der Waals surface area contributed by atoms with Crippen LogP contribution in [0.25, 0.3) is 0 Å². The number of aliphatic hydroxyl groups is 1. The molecule has 0 bridgehead atoms. The van der Waals surface area contributed by atoms with E-state index in [9.17, 15) is 14.3 Å². The number of β-amino-alcohol motifs (C(OH)–C–C–N with tert-alkyl or cyclic N) is 1. The molecule has 168 valence electrons. The molecule has 1 N–H and O–H groups in total. The fraction of sp³-hybridized carbons (Fsp3) is 0.750. The van der Waals surface area contributed by atoms with Crippen molar-refractivity contribution in [3.63, 3.8) is 0 Å². The molecule has 3 rings (SSSR count). The van der Waals surface area contributed by atoms with Gasteiger partial charge in [0, 0.05) is 25.6 Å². The zero-order valence-corrected chi connectivity index (χ0v) is 18.7. The summed E-state index contributed by atoms with van der Waals surface area (Å²) < 4.78 is 25.1. The number of piperidine rings is 1. The molecule has 30 heavy (non-hydrogen) atoms. The third kappa shape index (κ3) is 6.07. The smallest absolute Gasteiger partial charge is 0.410 e. The van der Waals surface area contributed by atoms with E-state index >= 15 is 0 Å². The molecular formula is C20H30ClFN4O4. The van der Waals surface area contributed by atoms with Crippen molar-refractivity contribution >= 4 is 23.5 Å². The standard InChI is InChI=1S/C20H30ClFN4O4/c1-19(2,3)30-18(27)26-10-13(22)8-14(26)11-29-17-23-15(21)9-16(24-17)25-7-5-6-20(4,28)12-25/h9,13-14,28H,5-8,10-12H2,1-4H3/t13-,14+,20-/m1/s1. The van der Waals surface area contributed by atoms with Crippen LogP contribution < -0.4 is 9.64 Å². The van der Waals surface area contributed by atoms with Gasteiger partial charge in [-0.1, -0.05) is 11.6 Å². The maximum Gasteiger partial charge on any atom is 0.410 e. The van der Waals surface area contributed by atoms with Gasteiger partial charge in [0.2, 0.25) is 0 Å². The molecule has 0 unspecified atom stereocenters. The first-order valence-electron chi connectivity index (χ1n) is 10.2. The topological polar surface area (TPSA) is 88.0 Å². The first-order valence-corrected chi connectivity index (χ1v) is 10.6. The van der Waals surface area contributed by atoms with E-state index in [0.717, 1.165) is 19.4 Å². The number of nitrogens with zero attached hydrogens (tertiary/aromatic N) is 4. The van der Waals surface area contributed by atoms with Crippen molar-refractivity contribution in [2.24, 2.45) is 0 Å². The molecule has 8 nitrogen and oxygen atoms in total. The van der Waals surface area contributed by atoms with Gasteiger partial charge in [0.25, 0.3) is 0 Å². The van der Waals surface area contributed by atoms with Gasteiger partial charge in [-0.25, -0.2) is 9.18 Å². The molecule has 0 aromatic carbocycles. The van der Waals surface area contributed by atoms with E-state index in [1.165, 1.54) is 4.90 Å². The number of halogens is 2. The van der Waals surface area contributed by atoms with Crippen LogP contribution in [0.3, 0.4) is 0 Å². The van der Waals surface area contributed by atoms with Crippen molar-refractivity contribution in [3.05, 3.63) is 11.2 Å². The molecule has 1 aromatic heterocycles. The molecule has 1 amide bonds. The molecule has 2 saturated heterocycles. The van der Waals surface area contributed by atoms with Crippen LogP contribution in [0.15, 0.2) is 6.07 Å². The molecule has 2 fully saturated rings. The summed E-state index contributed by atoms with van der Waals surface area (Å²) in [6, 6.07) is 1.18. The first-order chi connectivity index (χ1) is 13.9. The summed E-state index contributed by atoms with van der Waals surface area (Å²) in [6.45, 7) is 8.23. The molecule has 3 heterocycles. The van der Waals surface area contributed by atoms with E-state index in [1.807, 2.05) is 4.90 Å². The number of alkyl halides is 1. The number of likely N-dealkylation sites (tertiary alicyclic amines) is 1. The summed E-state index contributed by atoms with van der Waals surface area (Å²) in [5.74, 6) is 0.559. The fourth-order valence-corrected chi connectivity index (χ4v) is 3.93. The van der Waals surface area contributed by atoms with E-state index in [2.05, 4.69) is 9.97 Å². The lowest BCUT2D eigenvalue weighted by molar-refractivity contribution is 0.0177. The molecule has 1 aromatic rings. The quantitative estimate of drug-likeness (QED) is 0.713. The van der Waals surface area contributed by atoms with Crippen LogP contribution >= 0.6 is 11.6 Å². The van der Waals surface area contributed by atoms with Crippen molar-refractivity contribution in [1.29, 1.82) is 0 Å². The predicted octanol–water partition coefficient (Wildman–Crippen LogP) is 3.21. The normalized spacial score (nSPS) is 27.3. The predicted molar refractivity (Wildman–Crippen MR) is 111 cm³/mol. The van der Waals surface area contributed by atoms with Crippen LogP contribution in [-0.2, 0) is 4.74 Å². The van der Waals surface area contributed by atoms with Gasteiger partial charge in [0.05, 0.1) is 18.2 Å². The van der Waals surface area contributed by atoms with Crippen LogP contribution in [-0.4, -0.2) is 75.7 Å². The molecule has 0 spiro atoms. The molecule has 3 atom stereocenters. The van der Waals surface area contributed by atoms with E-state index in [1.54, 1.807) is 33.8 Å². The number of amides is 1. The van der Waals surface area contributed by atoms with E-state index < -0.39 is 29.5 Å². The monoisotopic (exact) mass is 444 g/mol. The van der Waals surface area contributed by atoms with Crippen molar-refractivity contribution in [2.75, 3.05) is 31.1 Å². The number of carbonyl (C=O) groups is 1. The van der Waals surface area contributed by atoms with Gasteiger partial charge in [-0.2, -0.15) is 9.97 Å². The Bertz CT molecular complexity index is 774. The molecule has 0 radical (unpaired) electrons. The van der Waals surface area contributed by atoms with Crippen molar-refractivity contribution < 1.29 is 23.8 Å². The Hall–Kier alpha value is -1.87. The number of anilines is 1. The van der Waals surface area contributed by atoms with Crippen molar-refractivity contribution in [3.8, 4) is 6.01 Å². The van der Waals surface area contributed by atoms with Gasteiger partial charge in [-0.3, -0.25) is 4.90 Å². The summed E-state index contributed by atoms with van der Waals surface area (Å²) in [4.78, 5) is 24.2. The SMILES string of the molecule is CC(C)(C)OC(=O)N1C[C@H](F)C[C@H]1COc1nc(Cl)cc(N2CCC[C@@](C)(O)C2)n1. The second-order valence-electron chi connectivity index (χ2n) is 9.28. The molecule has 2 aliphatic heterocycles. The maximum atomic E-state index is 14.0. The fourth-order valence-electron chi connectivity index (χ4n) is 3.76. The minimum atomic E-state index is -1.14. The second-order valence-corrected chi connectivity index (χ2v) is 9.67. The van der Waals surface area contributed by atoms with Crippen LogP contribution in [0.1, 0.15) is 47.0 Å². The highest BCUT2D eigenvalue weighted by Gasteiger charge is 2.38. The lowest BCUT2D eigenvalue weighted by Crippen LogP contribution is -2.46. The Morgan fingerprint density at radius 2 is 2.17 bits per heavy atom. The first kappa shape index (κ1) is 22.8. The largest absolute Gasteiger partial charge is 0.461 e. The zero-order chi connectivity index (χ0) is 22.1. The van der Waals surface area contributed by atoms with Gasteiger partial charge in [-0.15, -0.1) is 0 Å². The highest BCUT2D eigenvalue weighted by Crippen LogP contribution is 2.28. The minimum absolute atomic E-state index is 0.0250. The highest BCUT2D eigenvalue weighted by molar-refractivity contribution is 6.29. The van der Waals surface area contributed by atoms with Crippen LogP contribution in [0.4, 0.5) is 15.0 Å². The summed E-state index contributed by atoms with van der Waals surface area (Å²) in [5.41, 5.74) is -1.47. The van der Waals surface area contributed by atoms with Crippen LogP contribution in [0.2, 0.25) is 5.15 Å². The van der Waals surface area contributed by atoms with E-state index in [-0.39, 0.29) is 30.7 Å². The van der Waals surface area contributed by atoms with Gasteiger partial charge in [0.1, 0.15) is 29.4 Å². The Morgan fingerprint density at radius 3 is 2.83 bits per heavy atom. The van der Waals surface area contributed by atoms with Crippen LogP contribution in [0.5, 0.6) is 6.01 Å².